The molecule has 0 unspecified atom stereocenters. The molecular weight excluding hydrogens is 424 g/mol. The monoisotopic (exact) mass is 441 g/mol. The second kappa shape index (κ2) is 8.27. The van der Waals surface area contributed by atoms with Crippen molar-refractivity contribution in [1.29, 1.82) is 0 Å². The fourth-order valence-electron chi connectivity index (χ4n) is 3.20. The first-order valence-corrected chi connectivity index (χ1v) is 10.1. The molecule has 0 aliphatic carbocycles. The molecule has 158 valence electrons. The molecule has 2 aromatic heterocycles. The van der Waals surface area contributed by atoms with Crippen LogP contribution in [0.2, 0.25) is 0 Å². The standard InChI is InChI=1S/C22H17F2N3O3S/c1-27-21(30)14(9-13-7-8-15(23)16(24)10-13)18(28)17-22(27)31-20(26-17)19(29)25-11-12-5-3-2-4-6-12/h2-8,10,28H,9,11H2,1H3,(H,25,29). The molecule has 31 heavy (non-hydrogen) atoms. The number of thiazole rings is 1. The van der Waals surface area contributed by atoms with E-state index in [0.717, 1.165) is 29.0 Å². The van der Waals surface area contributed by atoms with E-state index in [4.69, 9.17) is 0 Å². The second-order valence-corrected chi connectivity index (χ2v) is 7.94. The van der Waals surface area contributed by atoms with Crippen LogP contribution in [0, 0.1) is 11.6 Å². The summed E-state index contributed by atoms with van der Waals surface area (Å²) < 4.78 is 28.0. The molecule has 0 spiro atoms. The molecular formula is C22H17F2N3O3S. The Morgan fingerprint density at radius 3 is 2.58 bits per heavy atom. The maximum Gasteiger partial charge on any atom is 0.280 e. The summed E-state index contributed by atoms with van der Waals surface area (Å²) in [4.78, 5) is 29.9. The van der Waals surface area contributed by atoms with Gasteiger partial charge in [-0.3, -0.25) is 9.59 Å². The maximum absolute atomic E-state index is 13.5. The first kappa shape index (κ1) is 20.7. The van der Waals surface area contributed by atoms with Gasteiger partial charge in [0.15, 0.2) is 22.4 Å². The van der Waals surface area contributed by atoms with Gasteiger partial charge in [-0.2, -0.15) is 0 Å². The lowest BCUT2D eigenvalue weighted by molar-refractivity contribution is 0.0950. The molecule has 2 N–H and O–H groups in total. The number of fused-ring (bicyclic) bond motifs is 1. The normalized spacial score (nSPS) is 11.1. The average Bonchev–Trinajstić information content (AvgIpc) is 3.23. The van der Waals surface area contributed by atoms with Gasteiger partial charge in [0, 0.05) is 20.0 Å². The number of carbonyl (C=O) groups is 1. The van der Waals surface area contributed by atoms with E-state index in [0.29, 0.717) is 16.9 Å². The maximum atomic E-state index is 13.5. The van der Waals surface area contributed by atoms with Gasteiger partial charge in [0.05, 0.1) is 5.56 Å². The quantitative estimate of drug-likeness (QED) is 0.497. The van der Waals surface area contributed by atoms with Crippen molar-refractivity contribution in [1.82, 2.24) is 14.9 Å². The highest BCUT2D eigenvalue weighted by Crippen LogP contribution is 2.31. The number of pyridine rings is 1. The molecule has 0 saturated carbocycles. The lowest BCUT2D eigenvalue weighted by atomic mass is 10.0. The van der Waals surface area contributed by atoms with E-state index in [-0.39, 0.29) is 28.3 Å². The number of hydrogen-bond donors (Lipinski definition) is 2. The van der Waals surface area contributed by atoms with Gasteiger partial charge in [0.1, 0.15) is 10.3 Å². The first-order valence-electron chi connectivity index (χ1n) is 9.32. The minimum Gasteiger partial charge on any atom is -0.505 e. The molecule has 6 nitrogen and oxygen atoms in total. The lowest BCUT2D eigenvalue weighted by Gasteiger charge is -2.08. The van der Waals surface area contributed by atoms with Crippen molar-refractivity contribution < 1.29 is 18.7 Å². The number of rotatable bonds is 5. The summed E-state index contributed by atoms with van der Waals surface area (Å²) in [5.41, 5.74) is 0.828. The van der Waals surface area contributed by atoms with Crippen molar-refractivity contribution >= 4 is 27.6 Å². The average molecular weight is 441 g/mol. The minimum atomic E-state index is -1.04. The van der Waals surface area contributed by atoms with E-state index >= 15 is 0 Å². The molecule has 0 fully saturated rings. The minimum absolute atomic E-state index is 0.0115. The third-order valence-electron chi connectivity index (χ3n) is 4.84. The second-order valence-electron chi connectivity index (χ2n) is 6.96. The summed E-state index contributed by atoms with van der Waals surface area (Å²) in [6.07, 6.45) is -0.112. The van der Waals surface area contributed by atoms with Crippen LogP contribution in [0.15, 0.2) is 53.3 Å². The van der Waals surface area contributed by atoms with Crippen molar-refractivity contribution in [2.45, 2.75) is 13.0 Å². The number of nitrogens with one attached hydrogen (secondary N) is 1. The van der Waals surface area contributed by atoms with E-state index in [9.17, 15) is 23.5 Å². The summed E-state index contributed by atoms with van der Waals surface area (Å²) in [5, 5.41) is 13.5. The van der Waals surface area contributed by atoms with Crippen molar-refractivity contribution in [3.05, 3.63) is 92.2 Å². The highest BCUT2D eigenvalue weighted by molar-refractivity contribution is 7.20. The predicted molar refractivity (Wildman–Crippen MR) is 113 cm³/mol. The first-order chi connectivity index (χ1) is 14.8. The molecule has 0 radical (unpaired) electrons. The van der Waals surface area contributed by atoms with Crippen molar-refractivity contribution in [2.24, 2.45) is 7.05 Å². The SMILES string of the molecule is Cn1c(=O)c(Cc2ccc(F)c(F)c2)c(O)c2nc(C(=O)NCc3ccccc3)sc21. The van der Waals surface area contributed by atoms with Gasteiger partial charge in [-0.15, -0.1) is 0 Å². The molecule has 0 bridgehead atoms. The van der Waals surface area contributed by atoms with E-state index in [1.165, 1.54) is 17.7 Å². The van der Waals surface area contributed by atoms with Gasteiger partial charge in [-0.05, 0) is 23.3 Å². The van der Waals surface area contributed by atoms with Crippen LogP contribution in [0.1, 0.15) is 26.5 Å². The van der Waals surface area contributed by atoms with E-state index in [2.05, 4.69) is 10.3 Å². The van der Waals surface area contributed by atoms with Crippen molar-refractivity contribution in [3.8, 4) is 5.75 Å². The molecule has 0 aliphatic heterocycles. The summed E-state index contributed by atoms with van der Waals surface area (Å²) in [6, 6.07) is 12.6. The van der Waals surface area contributed by atoms with Crippen LogP contribution in [0.5, 0.6) is 5.75 Å². The van der Waals surface area contributed by atoms with Crippen LogP contribution in [0.4, 0.5) is 8.78 Å². The number of aromatic nitrogens is 2. The topological polar surface area (TPSA) is 84.2 Å². The largest absolute Gasteiger partial charge is 0.505 e. The van der Waals surface area contributed by atoms with Gasteiger partial charge in [0.25, 0.3) is 11.5 Å². The molecule has 4 aromatic rings. The van der Waals surface area contributed by atoms with E-state index in [1.807, 2.05) is 30.3 Å². The Bertz CT molecular complexity index is 1350. The van der Waals surface area contributed by atoms with Gasteiger partial charge in [0.2, 0.25) is 0 Å². The predicted octanol–water partition coefficient (Wildman–Crippen LogP) is 3.50. The molecule has 4 rings (SSSR count). The van der Waals surface area contributed by atoms with E-state index in [1.54, 1.807) is 0 Å². The summed E-state index contributed by atoms with van der Waals surface area (Å²) in [7, 11) is 1.50. The molecule has 2 aromatic carbocycles. The van der Waals surface area contributed by atoms with Gasteiger partial charge >= 0.3 is 0 Å². The number of amides is 1. The Kier molecular flexibility index (Phi) is 5.51. The van der Waals surface area contributed by atoms with Crippen LogP contribution in [-0.2, 0) is 20.0 Å². The fourth-order valence-corrected chi connectivity index (χ4v) is 4.14. The summed E-state index contributed by atoms with van der Waals surface area (Å²) >= 11 is 0.985. The number of aromatic hydroxyl groups is 1. The zero-order valence-electron chi connectivity index (χ0n) is 16.4. The summed E-state index contributed by atoms with van der Waals surface area (Å²) in [5.74, 6) is -2.84. The molecule has 1 amide bonds. The third-order valence-corrected chi connectivity index (χ3v) is 5.97. The molecule has 0 aliphatic rings. The smallest absolute Gasteiger partial charge is 0.280 e. The van der Waals surface area contributed by atoms with Crippen LogP contribution in [0.3, 0.4) is 0 Å². The fraction of sp³-hybridized carbons (Fsp3) is 0.136. The van der Waals surface area contributed by atoms with Crippen LogP contribution in [0.25, 0.3) is 10.3 Å². The highest BCUT2D eigenvalue weighted by Gasteiger charge is 2.21. The molecule has 0 saturated heterocycles. The molecule has 9 heteroatoms. The highest BCUT2D eigenvalue weighted by atomic mass is 32.1. The van der Waals surface area contributed by atoms with Crippen LogP contribution >= 0.6 is 11.3 Å². The van der Waals surface area contributed by atoms with Crippen LogP contribution in [-0.4, -0.2) is 20.6 Å². The molecule has 2 heterocycles. The Balaban J connectivity index is 1.66. The number of aryl methyl sites for hydroxylation is 1. The Morgan fingerprint density at radius 1 is 1.13 bits per heavy atom. The van der Waals surface area contributed by atoms with Crippen molar-refractivity contribution in [2.75, 3.05) is 0 Å². The number of nitrogens with zero attached hydrogens (tertiary/aromatic N) is 2. The third kappa shape index (κ3) is 4.04. The number of halogens is 2. The van der Waals surface area contributed by atoms with Gasteiger partial charge < -0.3 is 15.0 Å². The van der Waals surface area contributed by atoms with Gasteiger partial charge in [-0.1, -0.05) is 47.7 Å². The Morgan fingerprint density at radius 2 is 1.87 bits per heavy atom. The zero-order chi connectivity index (χ0) is 22.1. The lowest BCUT2D eigenvalue weighted by Crippen LogP contribution is -2.22. The number of hydrogen-bond acceptors (Lipinski definition) is 5. The van der Waals surface area contributed by atoms with Crippen LogP contribution < -0.4 is 10.9 Å². The summed E-state index contributed by atoms with van der Waals surface area (Å²) in [6.45, 7) is 0.307. The van der Waals surface area contributed by atoms with Crippen molar-refractivity contribution in [3.63, 3.8) is 0 Å². The Hall–Kier alpha value is -3.59. The van der Waals surface area contributed by atoms with Gasteiger partial charge in [-0.25, -0.2) is 13.8 Å². The zero-order valence-corrected chi connectivity index (χ0v) is 17.2. The number of benzene rings is 2. The Labute approximate surface area is 179 Å². The number of carbonyl (C=O) groups excluding carboxylic acids is 1. The molecule has 0 atom stereocenters. The van der Waals surface area contributed by atoms with E-state index < -0.39 is 23.1 Å².